The molecule has 2 unspecified atom stereocenters. The minimum Gasteiger partial charge on any atom is -0.444 e. The maximum Gasteiger partial charge on any atom is 0.227 e. The lowest BCUT2D eigenvalue weighted by Crippen LogP contribution is -2.21. The molecule has 2 aliphatic rings. The molecule has 2 aliphatic carbocycles. The third-order valence-electron chi connectivity index (χ3n) is 4.46. The quantitative estimate of drug-likeness (QED) is 0.929. The van der Waals surface area contributed by atoms with Gasteiger partial charge in [0, 0.05) is 17.2 Å². The Bertz CT molecular complexity index is 626. The van der Waals surface area contributed by atoms with Crippen LogP contribution in [0.2, 0.25) is 0 Å². The van der Waals surface area contributed by atoms with E-state index in [1.807, 2.05) is 24.3 Å². The van der Waals surface area contributed by atoms with E-state index < -0.39 is 0 Å². The van der Waals surface area contributed by atoms with E-state index in [1.54, 1.807) is 6.20 Å². The average Bonchev–Trinajstić information content (AvgIpc) is 2.91. The number of oxazole rings is 1. The molecule has 0 saturated heterocycles. The first-order valence-corrected chi connectivity index (χ1v) is 7.09. The minimum absolute atomic E-state index is 0.159. The van der Waals surface area contributed by atoms with Crippen LogP contribution in [0.4, 0.5) is 5.69 Å². The van der Waals surface area contributed by atoms with Crippen molar-refractivity contribution in [1.82, 2.24) is 4.98 Å². The van der Waals surface area contributed by atoms with E-state index in [2.05, 4.69) is 10.3 Å². The standard InChI is InChI=1S/C16H16N2O2/c19-16(13-5-11-4-12(11)6-13)18-14-3-1-2-10(7-14)15-8-17-9-20-15/h1-3,7-9,11-13H,4-6H2,(H,18,19). The van der Waals surface area contributed by atoms with Crippen LogP contribution < -0.4 is 5.32 Å². The van der Waals surface area contributed by atoms with Crippen molar-refractivity contribution < 1.29 is 9.21 Å². The lowest BCUT2D eigenvalue weighted by atomic mass is 10.0. The highest BCUT2D eigenvalue weighted by atomic mass is 16.3. The van der Waals surface area contributed by atoms with Gasteiger partial charge in [0.15, 0.2) is 12.2 Å². The van der Waals surface area contributed by atoms with E-state index >= 15 is 0 Å². The highest BCUT2D eigenvalue weighted by Crippen LogP contribution is 2.54. The first kappa shape index (κ1) is 11.7. The molecule has 2 atom stereocenters. The fraction of sp³-hybridized carbons (Fsp3) is 0.375. The third-order valence-corrected chi connectivity index (χ3v) is 4.46. The summed E-state index contributed by atoms with van der Waals surface area (Å²) in [4.78, 5) is 16.1. The van der Waals surface area contributed by atoms with Crippen molar-refractivity contribution in [3.05, 3.63) is 36.9 Å². The number of benzene rings is 1. The van der Waals surface area contributed by atoms with Crippen LogP contribution in [0.1, 0.15) is 19.3 Å². The Morgan fingerprint density at radius 3 is 2.85 bits per heavy atom. The molecule has 1 amide bonds. The van der Waals surface area contributed by atoms with Crippen LogP contribution in [0.25, 0.3) is 11.3 Å². The summed E-state index contributed by atoms with van der Waals surface area (Å²) >= 11 is 0. The fourth-order valence-corrected chi connectivity index (χ4v) is 3.28. The lowest BCUT2D eigenvalue weighted by Gasteiger charge is -2.12. The Balaban J connectivity index is 1.48. The largest absolute Gasteiger partial charge is 0.444 e. The van der Waals surface area contributed by atoms with E-state index in [9.17, 15) is 4.79 Å². The number of rotatable bonds is 3. The number of hydrogen-bond donors (Lipinski definition) is 1. The molecule has 0 spiro atoms. The number of amides is 1. The Kier molecular flexibility index (Phi) is 2.62. The molecule has 20 heavy (non-hydrogen) atoms. The van der Waals surface area contributed by atoms with E-state index in [0.717, 1.165) is 35.9 Å². The van der Waals surface area contributed by atoms with E-state index in [-0.39, 0.29) is 11.8 Å². The van der Waals surface area contributed by atoms with Gasteiger partial charge in [-0.3, -0.25) is 4.79 Å². The molecule has 4 rings (SSSR count). The molecule has 2 fully saturated rings. The molecule has 4 nitrogen and oxygen atoms in total. The van der Waals surface area contributed by atoms with E-state index in [4.69, 9.17) is 4.42 Å². The van der Waals surface area contributed by atoms with Crippen LogP contribution in [0.15, 0.2) is 41.3 Å². The first-order valence-electron chi connectivity index (χ1n) is 7.09. The lowest BCUT2D eigenvalue weighted by molar-refractivity contribution is -0.120. The predicted octanol–water partition coefficient (Wildman–Crippen LogP) is 3.33. The number of carbonyl (C=O) groups excluding carboxylic acids is 1. The molecule has 1 aromatic carbocycles. The van der Waals surface area contributed by atoms with Gasteiger partial charge < -0.3 is 9.73 Å². The molecular weight excluding hydrogens is 252 g/mol. The van der Waals surface area contributed by atoms with Gasteiger partial charge in [-0.25, -0.2) is 4.98 Å². The molecule has 1 aromatic heterocycles. The van der Waals surface area contributed by atoms with Crippen LogP contribution in [0.5, 0.6) is 0 Å². The zero-order chi connectivity index (χ0) is 13.5. The summed E-state index contributed by atoms with van der Waals surface area (Å²) in [5, 5.41) is 3.03. The van der Waals surface area contributed by atoms with Gasteiger partial charge in [0.2, 0.25) is 5.91 Å². The molecule has 1 N–H and O–H groups in total. The van der Waals surface area contributed by atoms with Crippen LogP contribution in [-0.4, -0.2) is 10.9 Å². The van der Waals surface area contributed by atoms with Crippen molar-refractivity contribution in [1.29, 1.82) is 0 Å². The number of aromatic nitrogens is 1. The highest BCUT2D eigenvalue weighted by molar-refractivity contribution is 5.93. The van der Waals surface area contributed by atoms with Crippen LogP contribution in [-0.2, 0) is 4.79 Å². The maximum atomic E-state index is 12.2. The summed E-state index contributed by atoms with van der Waals surface area (Å²) in [6.45, 7) is 0. The molecule has 0 radical (unpaired) electrons. The number of anilines is 1. The SMILES string of the molecule is O=C(Nc1cccc(-c2cnco2)c1)C1CC2CC2C1. The zero-order valence-electron chi connectivity index (χ0n) is 11.1. The van der Waals surface area contributed by atoms with Gasteiger partial charge in [0.05, 0.1) is 6.20 Å². The summed E-state index contributed by atoms with van der Waals surface area (Å²) in [6.07, 6.45) is 6.55. The van der Waals surface area contributed by atoms with Gasteiger partial charge >= 0.3 is 0 Å². The summed E-state index contributed by atoms with van der Waals surface area (Å²) in [7, 11) is 0. The molecule has 102 valence electrons. The van der Waals surface area contributed by atoms with Gasteiger partial charge in [0.25, 0.3) is 0 Å². The van der Waals surface area contributed by atoms with Crippen molar-refractivity contribution in [3.8, 4) is 11.3 Å². The van der Waals surface area contributed by atoms with Crippen molar-refractivity contribution in [3.63, 3.8) is 0 Å². The molecule has 4 heteroatoms. The summed E-state index contributed by atoms with van der Waals surface area (Å²) in [5.74, 6) is 2.72. The van der Waals surface area contributed by atoms with Gasteiger partial charge in [-0.1, -0.05) is 12.1 Å². The first-order chi connectivity index (χ1) is 9.79. The number of nitrogens with one attached hydrogen (secondary N) is 1. The molecule has 1 heterocycles. The Morgan fingerprint density at radius 2 is 2.10 bits per heavy atom. The summed E-state index contributed by atoms with van der Waals surface area (Å²) in [5.41, 5.74) is 1.75. The van der Waals surface area contributed by atoms with Crippen LogP contribution in [0.3, 0.4) is 0 Å². The monoisotopic (exact) mass is 268 g/mol. The summed E-state index contributed by atoms with van der Waals surface area (Å²) < 4.78 is 5.28. The topological polar surface area (TPSA) is 55.1 Å². The normalized spacial score (nSPS) is 27.1. The van der Waals surface area contributed by atoms with Gasteiger partial charge in [-0.2, -0.15) is 0 Å². The highest BCUT2D eigenvalue weighted by Gasteiger charge is 2.47. The van der Waals surface area contributed by atoms with Gasteiger partial charge in [-0.15, -0.1) is 0 Å². The van der Waals surface area contributed by atoms with Crippen molar-refractivity contribution in [2.24, 2.45) is 17.8 Å². The average molecular weight is 268 g/mol. The minimum atomic E-state index is 0.159. The molecule has 0 aliphatic heterocycles. The van der Waals surface area contributed by atoms with Gasteiger partial charge in [0.1, 0.15) is 0 Å². The molecule has 2 aromatic rings. The zero-order valence-corrected chi connectivity index (χ0v) is 11.1. The second kappa shape index (κ2) is 4.47. The van der Waals surface area contributed by atoms with Gasteiger partial charge in [-0.05, 0) is 43.2 Å². The number of carbonyl (C=O) groups is 1. The number of fused-ring (bicyclic) bond motifs is 1. The van der Waals surface area contributed by atoms with E-state index in [1.165, 1.54) is 12.8 Å². The maximum absolute atomic E-state index is 12.2. The van der Waals surface area contributed by atoms with Crippen LogP contribution in [0, 0.1) is 17.8 Å². The number of nitrogens with zero attached hydrogens (tertiary/aromatic N) is 1. The second-order valence-electron chi connectivity index (χ2n) is 5.86. The van der Waals surface area contributed by atoms with Crippen molar-refractivity contribution in [2.75, 3.05) is 5.32 Å². The predicted molar refractivity (Wildman–Crippen MR) is 74.9 cm³/mol. The molecule has 0 bridgehead atoms. The third kappa shape index (κ3) is 2.11. The van der Waals surface area contributed by atoms with E-state index in [0.29, 0.717) is 5.76 Å². The summed E-state index contributed by atoms with van der Waals surface area (Å²) in [6, 6.07) is 7.70. The second-order valence-corrected chi connectivity index (χ2v) is 5.86. The van der Waals surface area contributed by atoms with Crippen LogP contribution >= 0.6 is 0 Å². The smallest absolute Gasteiger partial charge is 0.227 e. The fourth-order valence-electron chi connectivity index (χ4n) is 3.28. The number of hydrogen-bond acceptors (Lipinski definition) is 3. The Hall–Kier alpha value is -2.10. The van der Waals surface area contributed by atoms with Crippen molar-refractivity contribution >= 4 is 11.6 Å². The Labute approximate surface area is 117 Å². The van der Waals surface area contributed by atoms with Crippen molar-refractivity contribution in [2.45, 2.75) is 19.3 Å². The Morgan fingerprint density at radius 1 is 1.25 bits per heavy atom. The molecule has 2 saturated carbocycles. The molecular formula is C16H16N2O2.